The van der Waals surface area contributed by atoms with Gasteiger partial charge in [0.2, 0.25) is 0 Å². The SMILES string of the molecule is Nc1[nH+]ccc2ccccc12.Nc1[nH+]ccc2ccccc12.[I-].[I-]. The van der Waals surface area contributed by atoms with Crippen LogP contribution >= 0.6 is 0 Å². The first-order chi connectivity index (χ1) is 10.8. The van der Waals surface area contributed by atoms with Crippen molar-refractivity contribution in [3.63, 3.8) is 0 Å². The predicted molar refractivity (Wildman–Crippen MR) is 89.8 cm³/mol. The van der Waals surface area contributed by atoms with Gasteiger partial charge in [-0.15, -0.1) is 0 Å². The van der Waals surface area contributed by atoms with Crippen molar-refractivity contribution in [3.05, 3.63) is 73.1 Å². The molecule has 2 heterocycles. The zero-order chi connectivity index (χ0) is 15.4. The second kappa shape index (κ2) is 9.58. The van der Waals surface area contributed by atoms with Gasteiger partial charge in [-0.05, 0) is 35.0 Å². The average Bonchev–Trinajstić information content (AvgIpc) is 2.57. The van der Waals surface area contributed by atoms with Crippen LogP contribution < -0.4 is 69.4 Å². The summed E-state index contributed by atoms with van der Waals surface area (Å²) in [6.45, 7) is 0. The topological polar surface area (TPSA) is 80.3 Å². The molecule has 0 amide bonds. The van der Waals surface area contributed by atoms with Crippen LogP contribution in [0.1, 0.15) is 0 Å². The molecule has 0 fully saturated rings. The standard InChI is InChI=1S/2C9H8N2.2HI/c2*10-9-8-4-2-1-3-7(8)5-6-11-9;;/h2*1-6H,(H2,10,11);2*1H. The molecule has 0 aliphatic carbocycles. The number of aromatic nitrogens is 2. The predicted octanol–water partition coefficient (Wildman–Crippen LogP) is -3.52. The second-order valence-electron chi connectivity index (χ2n) is 4.96. The molecule has 0 atom stereocenters. The maximum Gasteiger partial charge on any atom is 0.278 e. The van der Waals surface area contributed by atoms with Crippen molar-refractivity contribution in [2.45, 2.75) is 0 Å². The van der Waals surface area contributed by atoms with E-state index in [0.29, 0.717) is 0 Å². The summed E-state index contributed by atoms with van der Waals surface area (Å²) in [5, 5.41) is 4.50. The highest BCUT2D eigenvalue weighted by atomic mass is 127. The molecule has 0 aliphatic rings. The number of nitrogen functional groups attached to an aromatic ring is 2. The van der Waals surface area contributed by atoms with Crippen LogP contribution in [0.4, 0.5) is 11.6 Å². The Bertz CT molecular complexity index is 841. The van der Waals surface area contributed by atoms with Gasteiger partial charge in [-0.2, -0.15) is 0 Å². The summed E-state index contributed by atoms with van der Waals surface area (Å²) in [7, 11) is 0. The van der Waals surface area contributed by atoms with Crippen LogP contribution in [0.15, 0.2) is 73.1 Å². The van der Waals surface area contributed by atoms with Crippen molar-refractivity contribution in [1.29, 1.82) is 0 Å². The summed E-state index contributed by atoms with van der Waals surface area (Å²) in [5.41, 5.74) is 11.4. The third-order valence-electron chi connectivity index (χ3n) is 3.51. The number of hydrogen-bond acceptors (Lipinski definition) is 2. The fourth-order valence-electron chi connectivity index (χ4n) is 2.37. The molecule has 4 rings (SSSR count). The van der Waals surface area contributed by atoms with Gasteiger partial charge in [0.25, 0.3) is 11.6 Å². The highest BCUT2D eigenvalue weighted by Crippen LogP contribution is 2.15. The van der Waals surface area contributed by atoms with E-state index in [1.807, 2.05) is 73.1 Å². The molecule has 2 aromatic carbocycles. The Kier molecular flexibility index (Phi) is 8.13. The Balaban J connectivity index is 0.000000222. The minimum atomic E-state index is 0. The van der Waals surface area contributed by atoms with Gasteiger partial charge in [0, 0.05) is 0 Å². The van der Waals surface area contributed by atoms with E-state index in [1.54, 1.807) is 0 Å². The van der Waals surface area contributed by atoms with Gasteiger partial charge in [0.15, 0.2) is 0 Å². The number of anilines is 2. The summed E-state index contributed by atoms with van der Waals surface area (Å²) in [6, 6.07) is 20.1. The Morgan fingerprint density at radius 2 is 0.917 bits per heavy atom. The first kappa shape index (κ1) is 20.4. The van der Waals surface area contributed by atoms with Crippen LogP contribution in [0.2, 0.25) is 0 Å². The lowest BCUT2D eigenvalue weighted by Gasteiger charge is -1.93. The molecule has 0 saturated carbocycles. The molecular formula is C18H18I2N4. The van der Waals surface area contributed by atoms with E-state index in [0.717, 1.165) is 22.4 Å². The average molecular weight is 544 g/mol. The number of nitrogens with one attached hydrogen (secondary N) is 2. The first-order valence-electron chi connectivity index (χ1n) is 7.05. The smallest absolute Gasteiger partial charge is 0.278 e. The fourth-order valence-corrected chi connectivity index (χ4v) is 2.37. The van der Waals surface area contributed by atoms with Gasteiger partial charge in [-0.25, -0.2) is 9.97 Å². The van der Waals surface area contributed by atoms with Crippen LogP contribution in [-0.4, -0.2) is 0 Å². The Labute approximate surface area is 174 Å². The minimum Gasteiger partial charge on any atom is -1.00 e. The fraction of sp³-hybridized carbons (Fsp3) is 0. The molecule has 0 spiro atoms. The van der Waals surface area contributed by atoms with Crippen LogP contribution in [0, 0.1) is 0 Å². The maximum atomic E-state index is 5.70. The van der Waals surface area contributed by atoms with Crippen LogP contribution in [0.3, 0.4) is 0 Å². The second-order valence-corrected chi connectivity index (χ2v) is 4.96. The van der Waals surface area contributed by atoms with Gasteiger partial charge >= 0.3 is 0 Å². The molecule has 0 aliphatic heterocycles. The summed E-state index contributed by atoms with van der Waals surface area (Å²) in [5.74, 6) is 1.45. The maximum absolute atomic E-state index is 5.70. The number of hydrogen-bond donors (Lipinski definition) is 2. The molecule has 0 unspecified atom stereocenters. The molecule has 4 aromatic rings. The summed E-state index contributed by atoms with van der Waals surface area (Å²) in [4.78, 5) is 5.90. The molecule has 6 N–H and O–H groups in total. The van der Waals surface area contributed by atoms with Crippen LogP contribution in [-0.2, 0) is 0 Å². The Morgan fingerprint density at radius 3 is 1.29 bits per heavy atom. The normalized spacial score (nSPS) is 9.33. The molecule has 124 valence electrons. The zero-order valence-corrected chi connectivity index (χ0v) is 17.2. The lowest BCUT2D eigenvalue weighted by molar-refractivity contribution is -0.359. The van der Waals surface area contributed by atoms with E-state index in [4.69, 9.17) is 11.5 Å². The number of nitrogens with two attached hydrogens (primary N) is 2. The van der Waals surface area contributed by atoms with Gasteiger partial charge in [0.05, 0.1) is 23.2 Å². The largest absolute Gasteiger partial charge is 1.00 e. The summed E-state index contributed by atoms with van der Waals surface area (Å²) in [6.07, 6.45) is 3.69. The van der Waals surface area contributed by atoms with E-state index < -0.39 is 0 Å². The Hall–Kier alpha value is -1.68. The quantitative estimate of drug-likeness (QED) is 0.226. The number of halogens is 2. The van der Waals surface area contributed by atoms with E-state index in [9.17, 15) is 0 Å². The molecule has 4 nitrogen and oxygen atoms in total. The van der Waals surface area contributed by atoms with Crippen LogP contribution in [0.5, 0.6) is 0 Å². The van der Waals surface area contributed by atoms with E-state index >= 15 is 0 Å². The molecule has 6 heteroatoms. The van der Waals surface area contributed by atoms with Gasteiger partial charge in [0.1, 0.15) is 0 Å². The van der Waals surface area contributed by atoms with Crippen LogP contribution in [0.25, 0.3) is 21.5 Å². The zero-order valence-electron chi connectivity index (χ0n) is 12.8. The number of aromatic amines is 2. The molecule has 0 bridgehead atoms. The van der Waals surface area contributed by atoms with Crippen molar-refractivity contribution in [2.24, 2.45) is 0 Å². The lowest BCUT2D eigenvalue weighted by atomic mass is 10.2. The third kappa shape index (κ3) is 4.67. The highest BCUT2D eigenvalue weighted by molar-refractivity contribution is 5.89. The number of rotatable bonds is 0. The van der Waals surface area contributed by atoms with Gasteiger partial charge in [-0.1, -0.05) is 36.4 Å². The van der Waals surface area contributed by atoms with E-state index in [1.165, 1.54) is 10.8 Å². The van der Waals surface area contributed by atoms with Crippen molar-refractivity contribution in [2.75, 3.05) is 11.5 Å². The van der Waals surface area contributed by atoms with Gasteiger partial charge < -0.3 is 48.0 Å². The minimum absolute atomic E-state index is 0. The molecular weight excluding hydrogens is 526 g/mol. The third-order valence-corrected chi connectivity index (χ3v) is 3.51. The van der Waals surface area contributed by atoms with Crippen molar-refractivity contribution < 1.29 is 57.9 Å². The number of benzene rings is 2. The van der Waals surface area contributed by atoms with Crippen molar-refractivity contribution >= 4 is 33.2 Å². The monoisotopic (exact) mass is 544 g/mol. The summed E-state index contributed by atoms with van der Waals surface area (Å²) >= 11 is 0. The molecule has 0 saturated heterocycles. The molecule has 0 radical (unpaired) electrons. The molecule has 2 aromatic heterocycles. The first-order valence-corrected chi connectivity index (χ1v) is 7.05. The molecule has 24 heavy (non-hydrogen) atoms. The van der Waals surface area contributed by atoms with E-state index in [-0.39, 0.29) is 48.0 Å². The lowest BCUT2D eigenvalue weighted by Crippen LogP contribution is -3.00. The number of pyridine rings is 2. The summed E-state index contributed by atoms with van der Waals surface area (Å²) < 4.78 is 0. The highest BCUT2D eigenvalue weighted by Gasteiger charge is 2.00. The number of fused-ring (bicyclic) bond motifs is 2. The number of H-pyrrole nitrogens is 2. The van der Waals surface area contributed by atoms with Crippen molar-refractivity contribution in [3.8, 4) is 0 Å². The van der Waals surface area contributed by atoms with Gasteiger partial charge in [-0.3, -0.25) is 11.5 Å². The Morgan fingerprint density at radius 1 is 0.542 bits per heavy atom. The van der Waals surface area contributed by atoms with Crippen molar-refractivity contribution in [1.82, 2.24) is 0 Å². The van der Waals surface area contributed by atoms with E-state index in [2.05, 4.69) is 9.97 Å².